The fourth-order valence-corrected chi connectivity index (χ4v) is 1.61. The smallest absolute Gasteiger partial charge is 0.407 e. The fourth-order valence-electron chi connectivity index (χ4n) is 1.61. The molecular formula is C15H23NO2. The second kappa shape index (κ2) is 6.43. The summed E-state index contributed by atoms with van der Waals surface area (Å²) in [6.07, 6.45) is 1.52. The molecule has 0 aliphatic heterocycles. The van der Waals surface area contributed by atoms with Gasteiger partial charge in [-0.1, -0.05) is 30.3 Å². The van der Waals surface area contributed by atoms with E-state index < -0.39 is 5.60 Å². The van der Waals surface area contributed by atoms with E-state index in [1.807, 2.05) is 45.9 Å². The van der Waals surface area contributed by atoms with Crippen LogP contribution in [0.3, 0.4) is 0 Å². The Bertz CT molecular complexity index is 368. The highest BCUT2D eigenvalue weighted by Crippen LogP contribution is 2.08. The summed E-state index contributed by atoms with van der Waals surface area (Å²) in [7, 11) is 0. The third-order valence-corrected chi connectivity index (χ3v) is 2.47. The second-order valence-corrected chi connectivity index (χ2v) is 5.57. The summed E-state index contributed by atoms with van der Waals surface area (Å²) in [5.74, 6) is 0. The highest BCUT2D eigenvalue weighted by atomic mass is 16.6. The van der Waals surface area contributed by atoms with Crippen molar-refractivity contribution in [1.29, 1.82) is 0 Å². The van der Waals surface area contributed by atoms with Crippen molar-refractivity contribution >= 4 is 6.09 Å². The minimum Gasteiger partial charge on any atom is -0.444 e. The van der Waals surface area contributed by atoms with Gasteiger partial charge in [-0.25, -0.2) is 4.79 Å². The molecule has 3 heteroatoms. The molecule has 18 heavy (non-hydrogen) atoms. The number of hydrogen-bond acceptors (Lipinski definition) is 2. The SMILES string of the molecule is C[C@@H](CCc1ccccc1)NC(=O)OC(C)(C)C. The van der Waals surface area contributed by atoms with Crippen LogP contribution in [-0.2, 0) is 11.2 Å². The van der Waals surface area contributed by atoms with Gasteiger partial charge in [-0.2, -0.15) is 0 Å². The molecule has 0 radical (unpaired) electrons. The topological polar surface area (TPSA) is 38.3 Å². The Kier molecular flexibility index (Phi) is 5.20. The van der Waals surface area contributed by atoms with Crippen molar-refractivity contribution in [3.05, 3.63) is 35.9 Å². The third kappa shape index (κ3) is 6.28. The highest BCUT2D eigenvalue weighted by Gasteiger charge is 2.17. The lowest BCUT2D eigenvalue weighted by Crippen LogP contribution is -2.37. The number of nitrogens with one attached hydrogen (secondary N) is 1. The Morgan fingerprint density at radius 1 is 1.28 bits per heavy atom. The number of amides is 1. The summed E-state index contributed by atoms with van der Waals surface area (Å²) >= 11 is 0. The Balaban J connectivity index is 2.29. The van der Waals surface area contributed by atoms with E-state index in [1.54, 1.807) is 0 Å². The van der Waals surface area contributed by atoms with Gasteiger partial charge in [0, 0.05) is 6.04 Å². The second-order valence-electron chi connectivity index (χ2n) is 5.57. The molecule has 1 N–H and O–H groups in total. The van der Waals surface area contributed by atoms with Crippen LogP contribution < -0.4 is 5.32 Å². The molecule has 0 aliphatic carbocycles. The van der Waals surface area contributed by atoms with E-state index in [-0.39, 0.29) is 12.1 Å². The fraction of sp³-hybridized carbons (Fsp3) is 0.533. The number of carbonyl (C=O) groups excluding carboxylic acids is 1. The lowest BCUT2D eigenvalue weighted by molar-refractivity contribution is 0.0506. The van der Waals surface area contributed by atoms with E-state index in [1.165, 1.54) is 5.56 Å². The van der Waals surface area contributed by atoms with Crippen LogP contribution in [0.4, 0.5) is 4.79 Å². The van der Waals surface area contributed by atoms with Crippen molar-refractivity contribution in [2.75, 3.05) is 0 Å². The van der Waals surface area contributed by atoms with E-state index >= 15 is 0 Å². The Labute approximate surface area is 110 Å². The first-order chi connectivity index (χ1) is 8.37. The van der Waals surface area contributed by atoms with Gasteiger partial charge in [-0.3, -0.25) is 0 Å². The highest BCUT2D eigenvalue weighted by molar-refractivity contribution is 5.68. The molecule has 0 spiro atoms. The van der Waals surface area contributed by atoms with Gasteiger partial charge in [0.05, 0.1) is 0 Å². The van der Waals surface area contributed by atoms with Gasteiger partial charge in [0.15, 0.2) is 0 Å². The average Bonchev–Trinajstić information content (AvgIpc) is 2.25. The van der Waals surface area contributed by atoms with E-state index in [2.05, 4.69) is 17.4 Å². The maximum Gasteiger partial charge on any atom is 0.407 e. The third-order valence-electron chi connectivity index (χ3n) is 2.47. The van der Waals surface area contributed by atoms with E-state index in [9.17, 15) is 4.79 Å². The molecule has 0 heterocycles. The van der Waals surface area contributed by atoms with Crippen LogP contribution in [0, 0.1) is 0 Å². The molecule has 0 bridgehead atoms. The molecule has 100 valence electrons. The van der Waals surface area contributed by atoms with E-state index in [4.69, 9.17) is 4.74 Å². The first kappa shape index (κ1) is 14.6. The van der Waals surface area contributed by atoms with Crippen LogP contribution in [0.2, 0.25) is 0 Å². The summed E-state index contributed by atoms with van der Waals surface area (Å²) in [4.78, 5) is 11.5. The molecule has 1 rings (SSSR count). The summed E-state index contributed by atoms with van der Waals surface area (Å²) in [5, 5.41) is 2.85. The molecule has 1 aromatic rings. The van der Waals surface area contributed by atoms with Crippen LogP contribution in [0.1, 0.15) is 39.7 Å². The number of ether oxygens (including phenoxy) is 1. The Morgan fingerprint density at radius 3 is 2.44 bits per heavy atom. The number of hydrogen-bond donors (Lipinski definition) is 1. The maximum absolute atomic E-state index is 11.5. The summed E-state index contributed by atoms with van der Waals surface area (Å²) < 4.78 is 5.21. The summed E-state index contributed by atoms with van der Waals surface area (Å²) in [6.45, 7) is 7.58. The molecule has 3 nitrogen and oxygen atoms in total. The minimum absolute atomic E-state index is 0.111. The normalized spacial score (nSPS) is 12.9. The van der Waals surface area contributed by atoms with Crippen LogP contribution >= 0.6 is 0 Å². The first-order valence-corrected chi connectivity index (χ1v) is 6.40. The van der Waals surface area contributed by atoms with Gasteiger partial charge < -0.3 is 10.1 Å². The number of carbonyl (C=O) groups is 1. The predicted molar refractivity (Wildman–Crippen MR) is 73.6 cm³/mol. The van der Waals surface area contributed by atoms with Crippen LogP contribution in [0.25, 0.3) is 0 Å². The van der Waals surface area contributed by atoms with Crippen LogP contribution in [0.15, 0.2) is 30.3 Å². The summed E-state index contributed by atoms with van der Waals surface area (Å²) in [6, 6.07) is 10.4. The number of rotatable bonds is 4. The zero-order valence-electron chi connectivity index (χ0n) is 11.7. The maximum atomic E-state index is 11.5. The monoisotopic (exact) mass is 249 g/mol. The van der Waals surface area contributed by atoms with Gasteiger partial charge in [0.25, 0.3) is 0 Å². The molecule has 1 aromatic carbocycles. The van der Waals surface area contributed by atoms with Gasteiger partial charge in [0.1, 0.15) is 5.60 Å². The van der Waals surface area contributed by atoms with Gasteiger partial charge in [-0.15, -0.1) is 0 Å². The predicted octanol–water partition coefficient (Wildman–Crippen LogP) is 3.53. The van der Waals surface area contributed by atoms with Crippen molar-refractivity contribution in [2.45, 2.75) is 52.2 Å². The Morgan fingerprint density at radius 2 is 1.89 bits per heavy atom. The average molecular weight is 249 g/mol. The van der Waals surface area contributed by atoms with Crippen molar-refractivity contribution < 1.29 is 9.53 Å². The largest absolute Gasteiger partial charge is 0.444 e. The van der Waals surface area contributed by atoms with Crippen molar-refractivity contribution in [3.63, 3.8) is 0 Å². The molecule has 0 fully saturated rings. The molecule has 1 amide bonds. The molecule has 0 aromatic heterocycles. The molecule has 1 atom stereocenters. The molecule has 0 aliphatic rings. The van der Waals surface area contributed by atoms with Gasteiger partial charge >= 0.3 is 6.09 Å². The van der Waals surface area contributed by atoms with Crippen LogP contribution in [-0.4, -0.2) is 17.7 Å². The van der Waals surface area contributed by atoms with Crippen molar-refractivity contribution in [1.82, 2.24) is 5.32 Å². The lowest BCUT2D eigenvalue weighted by atomic mass is 10.1. The van der Waals surface area contributed by atoms with Gasteiger partial charge in [0.2, 0.25) is 0 Å². The van der Waals surface area contributed by atoms with E-state index in [0.29, 0.717) is 0 Å². The number of benzene rings is 1. The molecule has 0 saturated carbocycles. The quantitative estimate of drug-likeness (QED) is 0.886. The van der Waals surface area contributed by atoms with Crippen LogP contribution in [0.5, 0.6) is 0 Å². The molecular weight excluding hydrogens is 226 g/mol. The Hall–Kier alpha value is -1.51. The molecule has 0 saturated heterocycles. The zero-order valence-corrected chi connectivity index (χ0v) is 11.7. The lowest BCUT2D eigenvalue weighted by Gasteiger charge is -2.22. The number of alkyl carbamates (subject to hydrolysis) is 1. The van der Waals surface area contributed by atoms with Crippen molar-refractivity contribution in [3.8, 4) is 0 Å². The summed E-state index contributed by atoms with van der Waals surface area (Å²) in [5.41, 5.74) is 0.846. The van der Waals surface area contributed by atoms with Gasteiger partial charge in [-0.05, 0) is 46.1 Å². The zero-order chi connectivity index (χ0) is 13.6. The molecule has 0 unspecified atom stereocenters. The standard InChI is InChI=1S/C15H23NO2/c1-12(16-14(17)18-15(2,3)4)10-11-13-8-6-5-7-9-13/h5-9,12H,10-11H2,1-4H3,(H,16,17)/t12-/m0/s1. The van der Waals surface area contributed by atoms with E-state index in [0.717, 1.165) is 12.8 Å². The van der Waals surface area contributed by atoms with Crippen molar-refractivity contribution in [2.24, 2.45) is 0 Å². The minimum atomic E-state index is -0.441. The first-order valence-electron chi connectivity index (χ1n) is 6.40. The number of aryl methyl sites for hydroxylation is 1.